The van der Waals surface area contributed by atoms with Crippen LogP contribution < -0.4 is 4.74 Å². The van der Waals surface area contributed by atoms with E-state index < -0.39 is 10.2 Å². The first-order valence-corrected chi connectivity index (χ1v) is 8.37. The van der Waals surface area contributed by atoms with Gasteiger partial charge in [0.05, 0.1) is 7.11 Å². The van der Waals surface area contributed by atoms with E-state index >= 15 is 0 Å². The van der Waals surface area contributed by atoms with Crippen LogP contribution >= 0.6 is 0 Å². The highest BCUT2D eigenvalue weighted by Crippen LogP contribution is 2.16. The fourth-order valence-corrected chi connectivity index (χ4v) is 3.38. The molecule has 0 radical (unpaired) electrons. The summed E-state index contributed by atoms with van der Waals surface area (Å²) in [4.78, 5) is 14.1. The topological polar surface area (TPSA) is 70.2 Å². The van der Waals surface area contributed by atoms with Crippen molar-refractivity contribution in [1.29, 1.82) is 0 Å². The van der Waals surface area contributed by atoms with Crippen molar-refractivity contribution in [3.63, 3.8) is 0 Å². The molecule has 2 rings (SSSR count). The Morgan fingerprint density at radius 3 is 2.36 bits per heavy atom. The normalized spacial score (nSPS) is 16.8. The van der Waals surface area contributed by atoms with Crippen molar-refractivity contribution in [2.45, 2.75) is 0 Å². The van der Waals surface area contributed by atoms with E-state index in [0.717, 1.165) is 0 Å². The second-order valence-electron chi connectivity index (χ2n) is 5.21. The van der Waals surface area contributed by atoms with E-state index in [1.165, 1.54) is 22.7 Å². The van der Waals surface area contributed by atoms with E-state index in [9.17, 15) is 13.2 Å². The van der Waals surface area contributed by atoms with Crippen LogP contribution in [0.5, 0.6) is 5.75 Å². The van der Waals surface area contributed by atoms with Crippen LogP contribution in [0.15, 0.2) is 24.3 Å². The minimum absolute atomic E-state index is 0.110. The molecule has 0 unspecified atom stereocenters. The fourth-order valence-electron chi connectivity index (χ4n) is 2.29. The Morgan fingerprint density at radius 1 is 1.18 bits per heavy atom. The van der Waals surface area contributed by atoms with Crippen molar-refractivity contribution in [1.82, 2.24) is 13.5 Å². The molecular formula is C14H21N3O4S. The molecule has 1 heterocycles. The quantitative estimate of drug-likeness (QED) is 0.795. The van der Waals surface area contributed by atoms with Gasteiger partial charge in [0.15, 0.2) is 0 Å². The smallest absolute Gasteiger partial charge is 0.281 e. The monoisotopic (exact) mass is 327 g/mol. The molecular weight excluding hydrogens is 306 g/mol. The summed E-state index contributed by atoms with van der Waals surface area (Å²) in [6.45, 7) is 1.36. The van der Waals surface area contributed by atoms with Gasteiger partial charge in [0.2, 0.25) is 0 Å². The summed E-state index contributed by atoms with van der Waals surface area (Å²) in [7, 11) is 1.14. The molecule has 0 spiro atoms. The zero-order chi connectivity index (χ0) is 16.3. The standard InChI is InChI=1S/C14H21N3O4S/c1-15(2)22(19,20)17-9-7-16(8-10-17)14(18)12-5-4-6-13(11-12)21-3/h4-6,11H,7-10H2,1-3H3. The van der Waals surface area contributed by atoms with Crippen LogP contribution in [-0.4, -0.2) is 75.2 Å². The minimum Gasteiger partial charge on any atom is -0.497 e. The SMILES string of the molecule is COc1cccc(C(=O)N2CCN(S(=O)(=O)N(C)C)CC2)c1. The van der Waals surface area contributed by atoms with E-state index in [4.69, 9.17) is 4.74 Å². The average Bonchev–Trinajstić information content (AvgIpc) is 2.54. The van der Waals surface area contributed by atoms with E-state index in [0.29, 0.717) is 37.5 Å². The first-order chi connectivity index (χ1) is 10.4. The lowest BCUT2D eigenvalue weighted by atomic mass is 10.1. The molecule has 0 aliphatic carbocycles. The van der Waals surface area contributed by atoms with Crippen molar-refractivity contribution < 1.29 is 17.9 Å². The summed E-state index contributed by atoms with van der Waals surface area (Å²) in [5.74, 6) is 0.514. The van der Waals surface area contributed by atoms with Gasteiger partial charge >= 0.3 is 0 Å². The molecule has 0 bridgehead atoms. The van der Waals surface area contributed by atoms with Gasteiger partial charge in [-0.05, 0) is 18.2 Å². The summed E-state index contributed by atoms with van der Waals surface area (Å²) in [6.07, 6.45) is 0. The van der Waals surface area contributed by atoms with Crippen molar-refractivity contribution in [2.24, 2.45) is 0 Å². The number of benzene rings is 1. The summed E-state index contributed by atoms with van der Waals surface area (Å²) in [5, 5.41) is 0. The van der Waals surface area contributed by atoms with Crippen molar-refractivity contribution in [2.75, 3.05) is 47.4 Å². The molecule has 0 atom stereocenters. The molecule has 1 saturated heterocycles. The maximum absolute atomic E-state index is 12.5. The third-order valence-corrected chi connectivity index (χ3v) is 5.57. The number of nitrogens with zero attached hydrogens (tertiary/aromatic N) is 3. The number of hydrogen-bond donors (Lipinski definition) is 0. The largest absolute Gasteiger partial charge is 0.497 e. The maximum atomic E-state index is 12.5. The molecule has 8 heteroatoms. The molecule has 1 amide bonds. The Bertz CT molecular complexity index is 637. The lowest BCUT2D eigenvalue weighted by molar-refractivity contribution is 0.0695. The zero-order valence-electron chi connectivity index (χ0n) is 13.0. The zero-order valence-corrected chi connectivity index (χ0v) is 13.8. The van der Waals surface area contributed by atoms with Crippen LogP contribution in [0.4, 0.5) is 0 Å². The summed E-state index contributed by atoms with van der Waals surface area (Å²) >= 11 is 0. The molecule has 0 N–H and O–H groups in total. The van der Waals surface area contributed by atoms with Gasteiger partial charge < -0.3 is 9.64 Å². The Morgan fingerprint density at radius 2 is 1.82 bits per heavy atom. The first kappa shape index (κ1) is 16.7. The summed E-state index contributed by atoms with van der Waals surface area (Å²) < 4.78 is 31.8. The van der Waals surface area contributed by atoms with E-state index in [2.05, 4.69) is 0 Å². The number of hydrogen-bond acceptors (Lipinski definition) is 4. The van der Waals surface area contributed by atoms with Crippen molar-refractivity contribution >= 4 is 16.1 Å². The third kappa shape index (κ3) is 3.40. The molecule has 1 aromatic rings. The number of carbonyl (C=O) groups excluding carboxylic acids is 1. The molecule has 7 nitrogen and oxygen atoms in total. The van der Waals surface area contributed by atoms with Gasteiger partial charge in [0.25, 0.3) is 16.1 Å². The van der Waals surface area contributed by atoms with Crippen molar-refractivity contribution in [3.05, 3.63) is 29.8 Å². The predicted molar refractivity (Wildman–Crippen MR) is 83.1 cm³/mol. The van der Waals surface area contributed by atoms with Gasteiger partial charge in [-0.3, -0.25) is 4.79 Å². The lowest BCUT2D eigenvalue weighted by Gasteiger charge is -2.35. The Labute approximate surface area is 131 Å². The molecule has 0 saturated carbocycles. The van der Waals surface area contributed by atoms with Gasteiger partial charge in [-0.25, -0.2) is 0 Å². The molecule has 1 aliphatic rings. The van der Waals surface area contributed by atoms with Gasteiger partial charge in [0, 0.05) is 45.8 Å². The van der Waals surface area contributed by atoms with Gasteiger partial charge in [-0.15, -0.1) is 0 Å². The van der Waals surface area contributed by atoms with Crippen LogP contribution in [0.2, 0.25) is 0 Å². The molecule has 1 aromatic carbocycles. The van der Waals surface area contributed by atoms with Gasteiger partial charge in [0.1, 0.15) is 5.75 Å². The highest BCUT2D eigenvalue weighted by Gasteiger charge is 2.30. The van der Waals surface area contributed by atoms with Gasteiger partial charge in [-0.2, -0.15) is 17.0 Å². The summed E-state index contributed by atoms with van der Waals surface area (Å²) in [5.41, 5.74) is 0.545. The lowest BCUT2D eigenvalue weighted by Crippen LogP contribution is -2.53. The van der Waals surface area contributed by atoms with Crippen LogP contribution in [0, 0.1) is 0 Å². The molecule has 22 heavy (non-hydrogen) atoms. The van der Waals surface area contributed by atoms with E-state index in [1.54, 1.807) is 36.3 Å². The number of carbonyl (C=O) groups is 1. The van der Waals surface area contributed by atoms with Crippen LogP contribution in [0.3, 0.4) is 0 Å². The second-order valence-corrected chi connectivity index (χ2v) is 7.36. The number of piperazine rings is 1. The highest BCUT2D eigenvalue weighted by molar-refractivity contribution is 7.86. The predicted octanol–water partition coefficient (Wildman–Crippen LogP) is 0.259. The molecule has 122 valence electrons. The number of ether oxygens (including phenoxy) is 1. The fraction of sp³-hybridized carbons (Fsp3) is 0.500. The van der Waals surface area contributed by atoms with Gasteiger partial charge in [-0.1, -0.05) is 6.07 Å². The van der Waals surface area contributed by atoms with Crippen LogP contribution in [0.1, 0.15) is 10.4 Å². The second kappa shape index (κ2) is 6.64. The molecule has 1 fully saturated rings. The number of methoxy groups -OCH3 is 1. The van der Waals surface area contributed by atoms with Crippen LogP contribution in [0.25, 0.3) is 0 Å². The van der Waals surface area contributed by atoms with E-state index in [1.807, 2.05) is 0 Å². The number of amides is 1. The molecule has 1 aliphatic heterocycles. The molecule has 0 aromatic heterocycles. The third-order valence-electron chi connectivity index (χ3n) is 3.63. The first-order valence-electron chi connectivity index (χ1n) is 6.97. The highest BCUT2D eigenvalue weighted by atomic mass is 32.2. The van der Waals surface area contributed by atoms with Crippen molar-refractivity contribution in [3.8, 4) is 5.75 Å². The van der Waals surface area contributed by atoms with Crippen LogP contribution in [-0.2, 0) is 10.2 Å². The summed E-state index contributed by atoms with van der Waals surface area (Å²) in [6, 6.07) is 6.95. The minimum atomic E-state index is -3.42. The Balaban J connectivity index is 2.04. The number of rotatable bonds is 4. The Hall–Kier alpha value is -1.64. The maximum Gasteiger partial charge on any atom is 0.281 e. The van der Waals surface area contributed by atoms with E-state index in [-0.39, 0.29) is 5.91 Å². The average molecular weight is 327 g/mol. The Kier molecular flexibility index (Phi) is 5.05.